The molecule has 2 aromatic rings. The molecule has 2 heterocycles. The molecular formula is C14H19NOS2. The summed E-state index contributed by atoms with van der Waals surface area (Å²) in [4.78, 5) is 5.06. The van der Waals surface area contributed by atoms with Crippen LogP contribution in [0.2, 0.25) is 0 Å². The molecule has 0 saturated carbocycles. The van der Waals surface area contributed by atoms with Gasteiger partial charge in [0.2, 0.25) is 0 Å². The average molecular weight is 281 g/mol. The van der Waals surface area contributed by atoms with Gasteiger partial charge < -0.3 is 5.11 Å². The van der Waals surface area contributed by atoms with E-state index in [-0.39, 0.29) is 6.10 Å². The number of hydrogen-bond acceptors (Lipinski definition) is 4. The van der Waals surface area contributed by atoms with E-state index in [1.807, 2.05) is 6.92 Å². The van der Waals surface area contributed by atoms with Crippen molar-refractivity contribution in [2.24, 2.45) is 0 Å². The third-order valence-electron chi connectivity index (χ3n) is 2.82. The van der Waals surface area contributed by atoms with Crippen molar-refractivity contribution in [2.75, 3.05) is 6.54 Å². The third kappa shape index (κ3) is 3.92. The van der Waals surface area contributed by atoms with Crippen LogP contribution in [0.4, 0.5) is 0 Å². The number of thiophene rings is 2. The van der Waals surface area contributed by atoms with Crippen LogP contribution < -0.4 is 0 Å². The maximum Gasteiger partial charge on any atom is 0.0639 e. The highest BCUT2D eigenvalue weighted by Crippen LogP contribution is 2.20. The molecule has 4 heteroatoms. The first-order valence-electron chi connectivity index (χ1n) is 6.11. The molecule has 0 spiro atoms. The van der Waals surface area contributed by atoms with E-state index >= 15 is 0 Å². The van der Waals surface area contributed by atoms with Gasteiger partial charge in [0, 0.05) is 29.4 Å². The molecule has 0 bridgehead atoms. The minimum atomic E-state index is -0.287. The number of aryl methyl sites for hydroxylation is 1. The van der Waals surface area contributed by atoms with Gasteiger partial charge in [-0.2, -0.15) is 0 Å². The number of aliphatic hydroxyl groups is 1. The van der Waals surface area contributed by atoms with Crippen LogP contribution in [0.15, 0.2) is 29.0 Å². The van der Waals surface area contributed by atoms with Crippen molar-refractivity contribution in [3.8, 4) is 0 Å². The highest BCUT2D eigenvalue weighted by molar-refractivity contribution is 7.10. The van der Waals surface area contributed by atoms with Crippen LogP contribution in [-0.2, 0) is 13.1 Å². The van der Waals surface area contributed by atoms with E-state index in [1.54, 1.807) is 22.7 Å². The molecule has 98 valence electrons. The lowest BCUT2D eigenvalue weighted by Gasteiger charge is -2.23. The normalized spacial score (nSPS) is 13.1. The summed E-state index contributed by atoms with van der Waals surface area (Å²) in [6, 6.07) is 6.39. The Morgan fingerprint density at radius 3 is 2.61 bits per heavy atom. The zero-order chi connectivity index (χ0) is 13.0. The van der Waals surface area contributed by atoms with E-state index < -0.39 is 0 Å². The molecule has 2 rings (SSSR count). The first-order valence-corrected chi connectivity index (χ1v) is 7.87. The van der Waals surface area contributed by atoms with Crippen molar-refractivity contribution in [3.05, 3.63) is 44.3 Å². The molecule has 0 amide bonds. The summed E-state index contributed by atoms with van der Waals surface area (Å²) in [6.07, 6.45) is -0.287. The summed E-state index contributed by atoms with van der Waals surface area (Å²) >= 11 is 3.57. The molecular weight excluding hydrogens is 262 g/mol. The molecule has 0 saturated heterocycles. The van der Waals surface area contributed by atoms with Crippen LogP contribution in [0.3, 0.4) is 0 Å². The fraction of sp³-hybridized carbons (Fsp3) is 0.429. The fourth-order valence-corrected chi connectivity index (χ4v) is 3.64. The van der Waals surface area contributed by atoms with Gasteiger partial charge in [0.1, 0.15) is 0 Å². The molecule has 0 radical (unpaired) electrons. The van der Waals surface area contributed by atoms with Crippen LogP contribution >= 0.6 is 22.7 Å². The van der Waals surface area contributed by atoms with E-state index in [2.05, 4.69) is 40.8 Å². The summed E-state index contributed by atoms with van der Waals surface area (Å²) in [5.41, 5.74) is 1.35. The first-order chi connectivity index (χ1) is 8.65. The summed E-state index contributed by atoms with van der Waals surface area (Å²) in [7, 11) is 0. The largest absolute Gasteiger partial charge is 0.392 e. The molecule has 0 aliphatic carbocycles. The summed E-state index contributed by atoms with van der Waals surface area (Å²) < 4.78 is 0. The van der Waals surface area contributed by atoms with Gasteiger partial charge in [0.25, 0.3) is 0 Å². The maximum absolute atomic E-state index is 9.61. The SMILES string of the molecule is Cc1ccsc1CN(Cc1cccs1)CC(C)O. The third-order valence-corrected chi connectivity index (χ3v) is 4.69. The maximum atomic E-state index is 9.61. The molecule has 2 aromatic heterocycles. The van der Waals surface area contributed by atoms with E-state index in [0.717, 1.165) is 19.6 Å². The zero-order valence-corrected chi connectivity index (χ0v) is 12.4. The Hall–Kier alpha value is -0.680. The minimum absolute atomic E-state index is 0.287. The molecule has 1 atom stereocenters. The van der Waals surface area contributed by atoms with Gasteiger partial charge in [-0.3, -0.25) is 4.90 Å². The Bertz CT molecular complexity index is 462. The highest BCUT2D eigenvalue weighted by atomic mass is 32.1. The van der Waals surface area contributed by atoms with Crippen molar-refractivity contribution >= 4 is 22.7 Å². The fourth-order valence-electron chi connectivity index (χ4n) is 1.95. The Balaban J connectivity index is 2.03. The Morgan fingerprint density at radius 2 is 2.06 bits per heavy atom. The van der Waals surface area contributed by atoms with Gasteiger partial charge in [-0.1, -0.05) is 6.07 Å². The van der Waals surface area contributed by atoms with Gasteiger partial charge in [-0.25, -0.2) is 0 Å². The molecule has 2 nitrogen and oxygen atoms in total. The molecule has 0 aliphatic rings. The topological polar surface area (TPSA) is 23.5 Å². The number of rotatable bonds is 6. The number of aliphatic hydroxyl groups excluding tert-OH is 1. The standard InChI is InChI=1S/C14H19NOS2/c1-11-5-7-18-14(11)10-15(8-12(2)16)9-13-4-3-6-17-13/h3-7,12,16H,8-10H2,1-2H3. The molecule has 18 heavy (non-hydrogen) atoms. The quantitative estimate of drug-likeness (QED) is 0.876. The van der Waals surface area contributed by atoms with Crippen LogP contribution in [0.1, 0.15) is 22.2 Å². The smallest absolute Gasteiger partial charge is 0.0639 e. The lowest BCUT2D eigenvalue weighted by molar-refractivity contribution is 0.119. The van der Waals surface area contributed by atoms with E-state index in [9.17, 15) is 5.11 Å². The lowest BCUT2D eigenvalue weighted by atomic mass is 10.2. The lowest BCUT2D eigenvalue weighted by Crippen LogP contribution is -2.29. The summed E-state index contributed by atoms with van der Waals surface area (Å²) in [5.74, 6) is 0. The average Bonchev–Trinajstić information content (AvgIpc) is 2.91. The number of hydrogen-bond donors (Lipinski definition) is 1. The minimum Gasteiger partial charge on any atom is -0.392 e. The Labute approximate surface area is 117 Å². The predicted octanol–water partition coefficient (Wildman–Crippen LogP) is 3.50. The highest BCUT2D eigenvalue weighted by Gasteiger charge is 2.12. The van der Waals surface area contributed by atoms with Gasteiger partial charge in [0.15, 0.2) is 0 Å². The monoisotopic (exact) mass is 281 g/mol. The molecule has 1 unspecified atom stereocenters. The molecule has 1 N–H and O–H groups in total. The van der Waals surface area contributed by atoms with Gasteiger partial charge in [-0.15, -0.1) is 22.7 Å². The van der Waals surface area contributed by atoms with E-state index in [4.69, 9.17) is 0 Å². The van der Waals surface area contributed by atoms with Crippen LogP contribution in [0.25, 0.3) is 0 Å². The number of nitrogens with zero attached hydrogens (tertiary/aromatic N) is 1. The van der Waals surface area contributed by atoms with Gasteiger partial charge in [-0.05, 0) is 42.3 Å². The second-order valence-electron chi connectivity index (χ2n) is 4.62. The van der Waals surface area contributed by atoms with Crippen molar-refractivity contribution in [2.45, 2.75) is 33.0 Å². The van der Waals surface area contributed by atoms with Gasteiger partial charge >= 0.3 is 0 Å². The summed E-state index contributed by atoms with van der Waals surface area (Å²) in [6.45, 7) is 6.56. The van der Waals surface area contributed by atoms with Crippen molar-refractivity contribution in [1.82, 2.24) is 4.90 Å². The van der Waals surface area contributed by atoms with Crippen LogP contribution in [0, 0.1) is 6.92 Å². The molecule has 0 aromatic carbocycles. The second kappa shape index (κ2) is 6.48. The zero-order valence-electron chi connectivity index (χ0n) is 10.8. The Kier molecular flexibility index (Phi) is 4.95. The second-order valence-corrected chi connectivity index (χ2v) is 6.66. The molecule has 0 aliphatic heterocycles. The van der Waals surface area contributed by atoms with Gasteiger partial charge in [0.05, 0.1) is 6.10 Å². The van der Waals surface area contributed by atoms with Crippen molar-refractivity contribution in [3.63, 3.8) is 0 Å². The van der Waals surface area contributed by atoms with E-state index in [0.29, 0.717) is 0 Å². The van der Waals surface area contributed by atoms with Crippen LogP contribution in [0.5, 0.6) is 0 Å². The van der Waals surface area contributed by atoms with E-state index in [1.165, 1.54) is 15.3 Å². The van der Waals surface area contributed by atoms with Crippen LogP contribution in [-0.4, -0.2) is 22.7 Å². The first kappa shape index (κ1) is 13.7. The predicted molar refractivity (Wildman–Crippen MR) is 79.2 cm³/mol. The van der Waals surface area contributed by atoms with Crippen molar-refractivity contribution < 1.29 is 5.11 Å². The molecule has 0 fully saturated rings. The Morgan fingerprint density at radius 1 is 1.22 bits per heavy atom. The van der Waals surface area contributed by atoms with Crippen molar-refractivity contribution in [1.29, 1.82) is 0 Å². The summed E-state index contributed by atoms with van der Waals surface area (Å²) in [5, 5.41) is 13.9.